The second kappa shape index (κ2) is 7.11. The minimum Gasteiger partial charge on any atom is -0.480 e. The summed E-state index contributed by atoms with van der Waals surface area (Å²) in [5.74, 6) is -0.976. The first-order valence-corrected chi connectivity index (χ1v) is 7.79. The Kier molecular flexibility index (Phi) is 6.01. The first-order valence-electron chi connectivity index (χ1n) is 7.79. The van der Waals surface area contributed by atoms with E-state index in [4.69, 9.17) is 0 Å². The molecule has 0 radical (unpaired) electrons. The topological polar surface area (TPSA) is 64.1 Å². The summed E-state index contributed by atoms with van der Waals surface area (Å²) in [6.07, 6.45) is 1.10. The summed E-state index contributed by atoms with van der Waals surface area (Å²) in [4.78, 5) is 29.6. The number of carboxylic acid groups (broad SMARTS) is 1. The third-order valence-electron chi connectivity index (χ3n) is 4.54. The second-order valence-corrected chi connectivity index (χ2v) is 6.17. The van der Waals surface area contributed by atoms with Crippen LogP contribution < -0.4 is 0 Å². The standard InChI is InChI=1S/C15H29N3O3/c1-6-12(3)16-8-10-17(11-9-16)14(21)18(7-2)15(4,5)13(19)20/h12H,6-11H2,1-5H3,(H,19,20). The average molecular weight is 299 g/mol. The molecule has 0 spiro atoms. The quantitative estimate of drug-likeness (QED) is 0.839. The normalized spacial score (nSPS) is 18.4. The van der Waals surface area contributed by atoms with Gasteiger partial charge in [-0.25, -0.2) is 9.59 Å². The van der Waals surface area contributed by atoms with Crippen LogP contribution in [0.1, 0.15) is 41.0 Å². The Labute approximate surface area is 127 Å². The van der Waals surface area contributed by atoms with Gasteiger partial charge >= 0.3 is 12.0 Å². The van der Waals surface area contributed by atoms with Crippen LogP contribution in [0, 0.1) is 0 Å². The zero-order valence-corrected chi connectivity index (χ0v) is 13.9. The van der Waals surface area contributed by atoms with Crippen molar-refractivity contribution in [2.75, 3.05) is 32.7 Å². The fourth-order valence-electron chi connectivity index (χ4n) is 2.67. The summed E-state index contributed by atoms with van der Waals surface area (Å²) in [7, 11) is 0. The largest absolute Gasteiger partial charge is 0.480 e. The fraction of sp³-hybridized carbons (Fsp3) is 0.867. The third-order valence-corrected chi connectivity index (χ3v) is 4.54. The minimum atomic E-state index is -1.18. The number of urea groups is 1. The molecule has 21 heavy (non-hydrogen) atoms. The zero-order valence-electron chi connectivity index (χ0n) is 13.9. The van der Waals surface area contributed by atoms with Crippen LogP contribution >= 0.6 is 0 Å². The molecule has 0 bridgehead atoms. The summed E-state index contributed by atoms with van der Waals surface area (Å²) in [5, 5.41) is 9.32. The highest BCUT2D eigenvalue weighted by atomic mass is 16.4. The molecule has 6 heteroatoms. The molecular weight excluding hydrogens is 270 g/mol. The number of piperazine rings is 1. The van der Waals surface area contributed by atoms with Gasteiger partial charge in [-0.3, -0.25) is 4.90 Å². The number of likely N-dealkylation sites (N-methyl/N-ethyl adjacent to an activating group) is 1. The summed E-state index contributed by atoms with van der Waals surface area (Å²) < 4.78 is 0. The van der Waals surface area contributed by atoms with Gasteiger partial charge in [0.15, 0.2) is 0 Å². The number of rotatable bonds is 5. The van der Waals surface area contributed by atoms with E-state index in [0.29, 0.717) is 25.7 Å². The lowest BCUT2D eigenvalue weighted by Gasteiger charge is -2.42. The molecule has 1 atom stereocenters. The van der Waals surface area contributed by atoms with Gasteiger partial charge in [0.2, 0.25) is 0 Å². The van der Waals surface area contributed by atoms with Gasteiger partial charge in [-0.2, -0.15) is 0 Å². The lowest BCUT2D eigenvalue weighted by atomic mass is 10.0. The summed E-state index contributed by atoms with van der Waals surface area (Å²) in [5.41, 5.74) is -1.18. The van der Waals surface area contributed by atoms with E-state index in [1.807, 2.05) is 6.92 Å². The van der Waals surface area contributed by atoms with Crippen molar-refractivity contribution in [2.24, 2.45) is 0 Å². The summed E-state index contributed by atoms with van der Waals surface area (Å²) >= 11 is 0. The predicted molar refractivity (Wildman–Crippen MR) is 82.4 cm³/mol. The highest BCUT2D eigenvalue weighted by Crippen LogP contribution is 2.18. The number of hydrogen-bond acceptors (Lipinski definition) is 3. The predicted octanol–water partition coefficient (Wildman–Crippen LogP) is 1.71. The minimum absolute atomic E-state index is 0.172. The van der Waals surface area contributed by atoms with Crippen molar-refractivity contribution in [1.82, 2.24) is 14.7 Å². The van der Waals surface area contributed by atoms with E-state index in [1.54, 1.807) is 18.7 Å². The number of aliphatic carboxylic acids is 1. The lowest BCUT2D eigenvalue weighted by molar-refractivity contribution is -0.147. The molecule has 0 aromatic carbocycles. The number of carbonyl (C=O) groups is 2. The maximum atomic E-state index is 12.6. The summed E-state index contributed by atoms with van der Waals surface area (Å²) in [6.45, 7) is 12.8. The van der Waals surface area contributed by atoms with Crippen molar-refractivity contribution in [2.45, 2.75) is 52.6 Å². The maximum absolute atomic E-state index is 12.6. The fourth-order valence-corrected chi connectivity index (χ4v) is 2.67. The van der Waals surface area contributed by atoms with E-state index in [1.165, 1.54) is 4.90 Å². The van der Waals surface area contributed by atoms with Crippen LogP contribution in [0.4, 0.5) is 4.79 Å². The molecule has 1 saturated heterocycles. The molecule has 0 saturated carbocycles. The Morgan fingerprint density at radius 3 is 2.10 bits per heavy atom. The van der Waals surface area contributed by atoms with Crippen molar-refractivity contribution >= 4 is 12.0 Å². The van der Waals surface area contributed by atoms with Gasteiger partial charge in [-0.15, -0.1) is 0 Å². The van der Waals surface area contributed by atoms with Gasteiger partial charge in [-0.1, -0.05) is 6.92 Å². The molecular formula is C15H29N3O3. The Hall–Kier alpha value is -1.30. The molecule has 0 aliphatic carbocycles. The monoisotopic (exact) mass is 299 g/mol. The second-order valence-electron chi connectivity index (χ2n) is 6.17. The van der Waals surface area contributed by atoms with Crippen LogP contribution in [0.5, 0.6) is 0 Å². The Bertz CT molecular complexity index is 376. The first kappa shape index (κ1) is 17.8. The first-order chi connectivity index (χ1) is 9.75. The number of amides is 2. The van der Waals surface area contributed by atoms with Crippen LogP contribution in [0.3, 0.4) is 0 Å². The number of nitrogens with zero attached hydrogens (tertiary/aromatic N) is 3. The van der Waals surface area contributed by atoms with Crippen molar-refractivity contribution in [3.63, 3.8) is 0 Å². The van der Waals surface area contributed by atoms with Gasteiger partial charge in [0.1, 0.15) is 5.54 Å². The van der Waals surface area contributed by atoms with Gasteiger partial charge in [0.05, 0.1) is 0 Å². The van der Waals surface area contributed by atoms with E-state index < -0.39 is 11.5 Å². The molecule has 1 rings (SSSR count). The van der Waals surface area contributed by atoms with E-state index in [0.717, 1.165) is 19.5 Å². The molecule has 1 heterocycles. The van der Waals surface area contributed by atoms with Crippen LogP contribution in [-0.4, -0.2) is 76.1 Å². The SMILES string of the molecule is CCC(C)N1CCN(C(=O)N(CC)C(C)(C)C(=O)O)CC1. The van der Waals surface area contributed by atoms with E-state index in [9.17, 15) is 14.7 Å². The number of carbonyl (C=O) groups excluding carboxylic acids is 1. The molecule has 1 unspecified atom stereocenters. The Balaban J connectivity index is 2.70. The molecule has 0 aromatic heterocycles. The summed E-state index contributed by atoms with van der Waals surface area (Å²) in [6, 6.07) is 0.355. The van der Waals surface area contributed by atoms with Crippen molar-refractivity contribution in [3.8, 4) is 0 Å². The van der Waals surface area contributed by atoms with Crippen LogP contribution in [0.15, 0.2) is 0 Å². The number of hydrogen-bond donors (Lipinski definition) is 1. The van der Waals surface area contributed by atoms with Crippen LogP contribution in [0.2, 0.25) is 0 Å². The van der Waals surface area contributed by atoms with E-state index in [2.05, 4.69) is 18.7 Å². The van der Waals surface area contributed by atoms with Crippen molar-refractivity contribution < 1.29 is 14.7 Å². The van der Waals surface area contributed by atoms with Crippen molar-refractivity contribution in [1.29, 1.82) is 0 Å². The van der Waals surface area contributed by atoms with Crippen LogP contribution in [0.25, 0.3) is 0 Å². The number of carboxylic acids is 1. The molecule has 122 valence electrons. The van der Waals surface area contributed by atoms with E-state index >= 15 is 0 Å². The molecule has 6 nitrogen and oxygen atoms in total. The molecule has 1 aliphatic heterocycles. The Morgan fingerprint density at radius 1 is 1.19 bits per heavy atom. The van der Waals surface area contributed by atoms with Crippen LogP contribution in [-0.2, 0) is 4.79 Å². The van der Waals surface area contributed by atoms with Gasteiger partial charge in [-0.05, 0) is 34.1 Å². The van der Waals surface area contributed by atoms with E-state index in [-0.39, 0.29) is 6.03 Å². The molecule has 1 fully saturated rings. The molecule has 0 aromatic rings. The molecule has 1 aliphatic rings. The Morgan fingerprint density at radius 2 is 1.71 bits per heavy atom. The molecule has 2 amide bonds. The van der Waals surface area contributed by atoms with Crippen molar-refractivity contribution in [3.05, 3.63) is 0 Å². The average Bonchev–Trinajstić information content (AvgIpc) is 2.46. The van der Waals surface area contributed by atoms with Gasteiger partial charge in [0, 0.05) is 38.8 Å². The highest BCUT2D eigenvalue weighted by Gasteiger charge is 2.39. The maximum Gasteiger partial charge on any atom is 0.329 e. The third kappa shape index (κ3) is 3.87. The lowest BCUT2D eigenvalue weighted by Crippen LogP contribution is -2.60. The van der Waals surface area contributed by atoms with Gasteiger partial charge < -0.3 is 14.9 Å². The highest BCUT2D eigenvalue weighted by molar-refractivity contribution is 5.85. The zero-order chi connectivity index (χ0) is 16.2. The smallest absolute Gasteiger partial charge is 0.329 e. The van der Waals surface area contributed by atoms with Gasteiger partial charge in [0.25, 0.3) is 0 Å². The molecule has 1 N–H and O–H groups in total.